The van der Waals surface area contributed by atoms with Crippen LogP contribution < -0.4 is 5.32 Å². The number of rotatable bonds is 4. The largest absolute Gasteiger partial charge is 0.354 e. The van der Waals surface area contributed by atoms with Crippen molar-refractivity contribution < 1.29 is 9.53 Å². The second-order valence-corrected chi connectivity index (χ2v) is 4.13. The highest BCUT2D eigenvalue weighted by Crippen LogP contribution is 2.29. The molecule has 0 aliphatic carbocycles. The van der Waals surface area contributed by atoms with Crippen molar-refractivity contribution in [2.24, 2.45) is 4.99 Å². The Kier molecular flexibility index (Phi) is 3.44. The molecule has 0 spiro atoms. The van der Waals surface area contributed by atoms with Crippen LogP contribution in [-0.4, -0.2) is 28.0 Å². The fraction of sp³-hybridized carbons (Fsp3) is 0.500. The van der Waals surface area contributed by atoms with Crippen LogP contribution in [-0.2, 0) is 16.1 Å². The summed E-state index contributed by atoms with van der Waals surface area (Å²) in [5.41, 5.74) is 1.45. The number of nitrogens with zero attached hydrogens (tertiary/aromatic N) is 3. The van der Waals surface area contributed by atoms with Crippen LogP contribution in [0, 0.1) is 0 Å². The third-order valence-corrected chi connectivity index (χ3v) is 2.60. The monoisotopic (exact) mass is 256 g/mol. The van der Waals surface area contributed by atoms with Crippen LogP contribution in [0.1, 0.15) is 25.3 Å². The molecule has 0 amide bonds. The molecule has 7 heteroatoms. The number of aryl methyl sites for hydroxylation is 1. The maximum absolute atomic E-state index is 10.9. The van der Waals surface area contributed by atoms with E-state index in [-0.39, 0.29) is 11.1 Å². The first-order valence-electron chi connectivity index (χ1n) is 5.20. The number of ketones is 1. The Morgan fingerprint density at radius 3 is 3.12 bits per heavy atom. The van der Waals surface area contributed by atoms with Crippen molar-refractivity contribution in [1.82, 2.24) is 9.78 Å². The van der Waals surface area contributed by atoms with Crippen LogP contribution in [0.5, 0.6) is 0 Å². The Bertz CT molecular complexity index is 469. The number of fused-ring (bicyclic) bond motifs is 1. The van der Waals surface area contributed by atoms with Gasteiger partial charge >= 0.3 is 0 Å². The van der Waals surface area contributed by atoms with Gasteiger partial charge in [-0.1, -0.05) is 0 Å². The van der Waals surface area contributed by atoms with Crippen LogP contribution in [0.25, 0.3) is 0 Å². The van der Waals surface area contributed by atoms with Gasteiger partial charge < -0.3 is 10.1 Å². The Morgan fingerprint density at radius 1 is 1.71 bits per heavy atom. The lowest BCUT2D eigenvalue weighted by atomic mass is 10.3. The highest BCUT2D eigenvalue weighted by atomic mass is 35.5. The minimum absolute atomic E-state index is 0.129. The second-order valence-electron chi connectivity index (χ2n) is 3.78. The number of carbonyl (C=O) groups is 1. The molecular weight excluding hydrogens is 244 g/mol. The summed E-state index contributed by atoms with van der Waals surface area (Å²) in [4.78, 5) is 15.0. The lowest BCUT2D eigenvalue weighted by Gasteiger charge is -2.16. The normalized spacial score (nSPS) is 18.3. The van der Waals surface area contributed by atoms with Crippen LogP contribution in [0.15, 0.2) is 11.2 Å². The van der Waals surface area contributed by atoms with Crippen molar-refractivity contribution >= 4 is 28.4 Å². The summed E-state index contributed by atoms with van der Waals surface area (Å²) >= 11 is 5.82. The van der Waals surface area contributed by atoms with E-state index >= 15 is 0 Å². The molecule has 1 atom stereocenters. The number of ether oxygens (including phenoxy) is 1. The van der Waals surface area contributed by atoms with Crippen LogP contribution in [0.4, 0.5) is 5.69 Å². The first-order chi connectivity index (χ1) is 8.10. The smallest absolute Gasteiger partial charge is 0.198 e. The topological polar surface area (TPSA) is 68.5 Å². The molecule has 0 bridgehead atoms. The Morgan fingerprint density at radius 2 is 2.47 bits per heavy atom. The van der Waals surface area contributed by atoms with E-state index in [4.69, 9.17) is 16.3 Å². The van der Waals surface area contributed by atoms with Gasteiger partial charge in [-0.15, -0.1) is 0 Å². The maximum Gasteiger partial charge on any atom is 0.198 e. The van der Waals surface area contributed by atoms with Gasteiger partial charge in [-0.2, -0.15) is 5.10 Å². The molecular formula is C10H13ClN4O2. The van der Waals surface area contributed by atoms with Gasteiger partial charge in [-0.25, -0.2) is 4.99 Å². The van der Waals surface area contributed by atoms with Crippen molar-refractivity contribution in [3.05, 3.63) is 11.9 Å². The molecule has 1 aliphatic rings. The van der Waals surface area contributed by atoms with Gasteiger partial charge in [-0.05, 0) is 18.5 Å². The number of aromatic nitrogens is 2. The van der Waals surface area contributed by atoms with Gasteiger partial charge in [0.2, 0.25) is 0 Å². The number of carbonyl (C=O) groups excluding carboxylic acids is 1. The number of halogens is 1. The van der Waals surface area contributed by atoms with E-state index in [1.807, 2.05) is 0 Å². The van der Waals surface area contributed by atoms with E-state index < -0.39 is 6.23 Å². The maximum atomic E-state index is 10.9. The van der Waals surface area contributed by atoms with E-state index in [1.54, 1.807) is 24.9 Å². The summed E-state index contributed by atoms with van der Waals surface area (Å²) in [6, 6.07) is 0. The number of hydrogen-bond donors (Lipinski definition) is 1. The van der Waals surface area contributed by atoms with Crippen molar-refractivity contribution in [2.75, 3.05) is 12.4 Å². The number of nitrogens with one attached hydrogen (secondary N) is 1. The lowest BCUT2D eigenvalue weighted by Crippen LogP contribution is -2.16. The average molecular weight is 257 g/mol. The number of hydrogen-bond acceptors (Lipinski definition) is 5. The molecule has 17 heavy (non-hydrogen) atoms. The third kappa shape index (κ3) is 2.65. The van der Waals surface area contributed by atoms with Gasteiger partial charge in [-0.3, -0.25) is 9.48 Å². The van der Waals surface area contributed by atoms with Crippen molar-refractivity contribution in [3.8, 4) is 0 Å². The van der Waals surface area contributed by atoms with Gasteiger partial charge in [0.05, 0.1) is 5.69 Å². The highest BCUT2D eigenvalue weighted by Gasteiger charge is 2.24. The summed E-state index contributed by atoms with van der Waals surface area (Å²) in [6.45, 7) is 2.09. The zero-order valence-corrected chi connectivity index (χ0v) is 10.4. The number of methoxy groups -OCH3 is 1. The summed E-state index contributed by atoms with van der Waals surface area (Å²) in [5, 5.41) is 7.49. The summed E-state index contributed by atoms with van der Waals surface area (Å²) in [6.07, 6.45) is 1.76. The first-order valence-corrected chi connectivity index (χ1v) is 5.58. The van der Waals surface area contributed by atoms with Crippen molar-refractivity contribution in [2.45, 2.75) is 26.1 Å². The van der Waals surface area contributed by atoms with E-state index in [0.717, 1.165) is 5.69 Å². The third-order valence-electron chi connectivity index (χ3n) is 2.41. The number of amidine groups is 1. The van der Waals surface area contributed by atoms with E-state index in [9.17, 15) is 4.79 Å². The molecule has 1 aliphatic heterocycles. The minimum Gasteiger partial charge on any atom is -0.354 e. The lowest BCUT2D eigenvalue weighted by molar-refractivity contribution is -0.117. The number of aliphatic imine (C=N–C) groups is 1. The molecule has 1 N–H and O–H groups in total. The van der Waals surface area contributed by atoms with Crippen molar-refractivity contribution in [3.63, 3.8) is 0 Å². The SMILES string of the molecule is COC1N=C(Cl)Nc2cn(CCC(C)=O)nc21. The predicted molar refractivity (Wildman–Crippen MR) is 64.2 cm³/mol. The van der Waals surface area contributed by atoms with Crippen LogP contribution in [0.3, 0.4) is 0 Å². The molecule has 1 unspecified atom stereocenters. The predicted octanol–water partition coefficient (Wildman–Crippen LogP) is 1.53. The molecule has 2 heterocycles. The minimum atomic E-state index is -0.489. The molecule has 0 fully saturated rings. The van der Waals surface area contributed by atoms with Crippen molar-refractivity contribution in [1.29, 1.82) is 0 Å². The highest BCUT2D eigenvalue weighted by molar-refractivity contribution is 6.67. The number of anilines is 1. The second kappa shape index (κ2) is 4.85. The fourth-order valence-corrected chi connectivity index (χ4v) is 1.76. The molecule has 0 saturated carbocycles. The molecule has 1 aromatic heterocycles. The van der Waals surface area contributed by atoms with E-state index in [0.29, 0.717) is 18.7 Å². The zero-order chi connectivity index (χ0) is 12.4. The average Bonchev–Trinajstić information content (AvgIpc) is 2.67. The molecule has 0 aromatic carbocycles. The Hall–Kier alpha value is -1.40. The molecule has 2 rings (SSSR count). The van der Waals surface area contributed by atoms with Gasteiger partial charge in [0, 0.05) is 26.3 Å². The van der Waals surface area contributed by atoms with Gasteiger partial charge in [0.25, 0.3) is 0 Å². The molecule has 92 valence electrons. The van der Waals surface area contributed by atoms with Crippen LogP contribution >= 0.6 is 11.6 Å². The summed E-state index contributed by atoms with van der Waals surface area (Å²) < 4.78 is 6.86. The van der Waals surface area contributed by atoms with Crippen LogP contribution in [0.2, 0.25) is 0 Å². The molecule has 0 radical (unpaired) electrons. The summed E-state index contributed by atoms with van der Waals surface area (Å²) in [7, 11) is 1.54. The summed E-state index contributed by atoms with van der Waals surface area (Å²) in [5.74, 6) is 0.129. The molecule has 6 nitrogen and oxygen atoms in total. The Labute approximate surface area is 104 Å². The Balaban J connectivity index is 2.18. The quantitative estimate of drug-likeness (QED) is 0.830. The van der Waals surface area contributed by atoms with Gasteiger partial charge in [0.1, 0.15) is 11.5 Å². The standard InChI is InChI=1S/C10H13ClN4O2/c1-6(16)3-4-15-5-7-8(14-15)9(17-2)13-10(11)12-7/h5,9H,3-4H2,1-2H3,(H,12,13). The fourth-order valence-electron chi connectivity index (χ4n) is 1.57. The first kappa shape index (κ1) is 12.1. The molecule has 0 saturated heterocycles. The van der Waals surface area contributed by atoms with E-state index in [1.165, 1.54) is 0 Å². The van der Waals surface area contributed by atoms with E-state index in [2.05, 4.69) is 15.4 Å². The zero-order valence-electron chi connectivity index (χ0n) is 9.61. The number of Topliss-reactive ketones (excluding diaryl/α,β-unsaturated/α-hetero) is 1. The molecule has 1 aromatic rings. The van der Waals surface area contributed by atoms with Gasteiger partial charge in [0.15, 0.2) is 11.5 Å².